The van der Waals surface area contributed by atoms with Gasteiger partial charge in [-0.1, -0.05) is 6.92 Å². The van der Waals surface area contributed by atoms with Crippen LogP contribution in [0.1, 0.15) is 26.7 Å². The van der Waals surface area contributed by atoms with Crippen LogP contribution in [0.5, 0.6) is 0 Å². The predicted molar refractivity (Wildman–Crippen MR) is 66.5 cm³/mol. The molecule has 1 rings (SSSR count). The minimum absolute atomic E-state index is 0.214. The van der Waals surface area contributed by atoms with E-state index in [0.29, 0.717) is 0 Å². The SMILES string of the molecule is CCCNCCN1CCCN(C(C)=O)CC1. The smallest absolute Gasteiger partial charge is 0.219 e. The summed E-state index contributed by atoms with van der Waals surface area (Å²) in [7, 11) is 0. The van der Waals surface area contributed by atoms with Gasteiger partial charge in [0.1, 0.15) is 0 Å². The lowest BCUT2D eigenvalue weighted by Gasteiger charge is -2.21. The Balaban J connectivity index is 2.17. The van der Waals surface area contributed by atoms with Crippen molar-refractivity contribution in [3.63, 3.8) is 0 Å². The summed E-state index contributed by atoms with van der Waals surface area (Å²) in [4.78, 5) is 15.7. The van der Waals surface area contributed by atoms with Gasteiger partial charge in [0.2, 0.25) is 5.91 Å². The van der Waals surface area contributed by atoms with Crippen LogP contribution in [0.2, 0.25) is 0 Å². The Bertz CT molecular complexity index is 208. The van der Waals surface area contributed by atoms with Gasteiger partial charge in [0, 0.05) is 39.6 Å². The Kier molecular flexibility index (Phi) is 6.42. The first-order valence-electron chi connectivity index (χ1n) is 6.42. The lowest BCUT2D eigenvalue weighted by atomic mass is 10.3. The first kappa shape index (κ1) is 13.5. The van der Waals surface area contributed by atoms with Gasteiger partial charge in [-0.3, -0.25) is 4.79 Å². The molecule has 1 aliphatic rings. The molecule has 16 heavy (non-hydrogen) atoms. The Morgan fingerprint density at radius 3 is 2.69 bits per heavy atom. The van der Waals surface area contributed by atoms with Gasteiger partial charge in [-0.2, -0.15) is 0 Å². The van der Waals surface area contributed by atoms with Gasteiger partial charge in [-0.25, -0.2) is 0 Å². The molecule has 0 saturated carbocycles. The zero-order chi connectivity index (χ0) is 11.8. The quantitative estimate of drug-likeness (QED) is 0.696. The topological polar surface area (TPSA) is 35.6 Å². The fourth-order valence-electron chi connectivity index (χ4n) is 2.05. The second kappa shape index (κ2) is 7.63. The molecule has 1 N–H and O–H groups in total. The van der Waals surface area contributed by atoms with Crippen LogP contribution >= 0.6 is 0 Å². The van der Waals surface area contributed by atoms with Crippen LogP contribution in [0.15, 0.2) is 0 Å². The molecule has 1 amide bonds. The van der Waals surface area contributed by atoms with Crippen molar-refractivity contribution in [3.05, 3.63) is 0 Å². The third-order valence-electron chi connectivity index (χ3n) is 3.07. The molecule has 1 aliphatic heterocycles. The van der Waals surface area contributed by atoms with E-state index >= 15 is 0 Å². The van der Waals surface area contributed by atoms with Gasteiger partial charge in [0.05, 0.1) is 0 Å². The molecule has 0 radical (unpaired) electrons. The normalized spacial score (nSPS) is 18.5. The van der Waals surface area contributed by atoms with Crippen LogP contribution in [-0.2, 0) is 4.79 Å². The number of nitrogens with zero attached hydrogens (tertiary/aromatic N) is 2. The predicted octanol–water partition coefficient (Wildman–Crippen LogP) is 0.540. The molecular weight excluding hydrogens is 202 g/mol. The summed E-state index contributed by atoms with van der Waals surface area (Å²) in [6.07, 6.45) is 2.30. The lowest BCUT2D eigenvalue weighted by Crippen LogP contribution is -2.36. The molecule has 0 aromatic carbocycles. The summed E-state index contributed by atoms with van der Waals surface area (Å²) in [6, 6.07) is 0. The third-order valence-corrected chi connectivity index (χ3v) is 3.07. The highest BCUT2D eigenvalue weighted by atomic mass is 16.2. The second-order valence-corrected chi connectivity index (χ2v) is 4.45. The molecule has 94 valence electrons. The molecule has 0 aliphatic carbocycles. The van der Waals surface area contributed by atoms with E-state index in [-0.39, 0.29) is 5.91 Å². The molecular formula is C12H25N3O. The first-order valence-corrected chi connectivity index (χ1v) is 6.42. The van der Waals surface area contributed by atoms with E-state index in [1.807, 2.05) is 4.90 Å². The molecule has 1 fully saturated rings. The van der Waals surface area contributed by atoms with Gasteiger partial charge in [0.25, 0.3) is 0 Å². The summed E-state index contributed by atoms with van der Waals surface area (Å²) < 4.78 is 0. The molecule has 0 unspecified atom stereocenters. The number of carbonyl (C=O) groups excluding carboxylic acids is 1. The standard InChI is InChI=1S/C12H25N3O/c1-3-5-13-6-9-14-7-4-8-15(11-10-14)12(2)16/h13H,3-11H2,1-2H3. The average Bonchev–Trinajstić information content (AvgIpc) is 2.50. The van der Waals surface area contributed by atoms with E-state index < -0.39 is 0 Å². The molecule has 0 bridgehead atoms. The van der Waals surface area contributed by atoms with Crippen LogP contribution in [0.25, 0.3) is 0 Å². The minimum Gasteiger partial charge on any atom is -0.342 e. The monoisotopic (exact) mass is 227 g/mol. The second-order valence-electron chi connectivity index (χ2n) is 4.45. The summed E-state index contributed by atoms with van der Waals surface area (Å²) >= 11 is 0. The van der Waals surface area contributed by atoms with E-state index in [0.717, 1.165) is 52.2 Å². The molecule has 4 nitrogen and oxygen atoms in total. The van der Waals surface area contributed by atoms with Crippen LogP contribution in [-0.4, -0.2) is 61.5 Å². The highest BCUT2D eigenvalue weighted by Gasteiger charge is 2.15. The summed E-state index contributed by atoms with van der Waals surface area (Å²) in [5.74, 6) is 0.214. The maximum absolute atomic E-state index is 11.3. The fraction of sp³-hybridized carbons (Fsp3) is 0.917. The van der Waals surface area contributed by atoms with Crippen LogP contribution in [0, 0.1) is 0 Å². The highest BCUT2D eigenvalue weighted by molar-refractivity contribution is 5.73. The Morgan fingerprint density at radius 1 is 1.19 bits per heavy atom. The van der Waals surface area contributed by atoms with E-state index in [1.165, 1.54) is 6.42 Å². The largest absolute Gasteiger partial charge is 0.342 e. The van der Waals surface area contributed by atoms with Crippen molar-refractivity contribution in [3.8, 4) is 0 Å². The molecule has 1 saturated heterocycles. The van der Waals surface area contributed by atoms with Crippen molar-refractivity contribution in [2.24, 2.45) is 0 Å². The average molecular weight is 227 g/mol. The van der Waals surface area contributed by atoms with Crippen LogP contribution in [0.3, 0.4) is 0 Å². The van der Waals surface area contributed by atoms with E-state index in [9.17, 15) is 4.79 Å². The van der Waals surface area contributed by atoms with Gasteiger partial charge in [-0.05, 0) is 25.9 Å². The number of nitrogens with one attached hydrogen (secondary N) is 1. The summed E-state index contributed by atoms with van der Waals surface area (Å²) in [5, 5.41) is 3.41. The molecule has 1 heterocycles. The third kappa shape index (κ3) is 4.94. The zero-order valence-corrected chi connectivity index (χ0v) is 10.7. The Hall–Kier alpha value is -0.610. The van der Waals surface area contributed by atoms with Crippen molar-refractivity contribution in [1.82, 2.24) is 15.1 Å². The fourth-order valence-corrected chi connectivity index (χ4v) is 2.05. The van der Waals surface area contributed by atoms with Crippen LogP contribution in [0.4, 0.5) is 0 Å². The van der Waals surface area contributed by atoms with E-state index in [2.05, 4.69) is 17.1 Å². The van der Waals surface area contributed by atoms with Gasteiger partial charge >= 0.3 is 0 Å². The van der Waals surface area contributed by atoms with Crippen molar-refractivity contribution < 1.29 is 4.79 Å². The van der Waals surface area contributed by atoms with Gasteiger partial charge in [0.15, 0.2) is 0 Å². The van der Waals surface area contributed by atoms with Crippen LogP contribution < -0.4 is 5.32 Å². The number of hydrogen-bond donors (Lipinski definition) is 1. The van der Waals surface area contributed by atoms with Gasteiger partial charge < -0.3 is 15.1 Å². The molecule has 0 spiro atoms. The molecule has 0 aromatic rings. The van der Waals surface area contributed by atoms with Gasteiger partial charge in [-0.15, -0.1) is 0 Å². The Labute approximate surface area is 99.0 Å². The lowest BCUT2D eigenvalue weighted by molar-refractivity contribution is -0.128. The van der Waals surface area contributed by atoms with Crippen molar-refractivity contribution in [1.29, 1.82) is 0 Å². The number of amides is 1. The van der Waals surface area contributed by atoms with Crippen molar-refractivity contribution >= 4 is 5.91 Å². The number of hydrogen-bond acceptors (Lipinski definition) is 3. The summed E-state index contributed by atoms with van der Waals surface area (Å²) in [5.41, 5.74) is 0. The minimum atomic E-state index is 0.214. The molecule has 0 aromatic heterocycles. The molecule has 0 atom stereocenters. The van der Waals surface area contributed by atoms with E-state index in [1.54, 1.807) is 6.92 Å². The highest BCUT2D eigenvalue weighted by Crippen LogP contribution is 2.02. The van der Waals surface area contributed by atoms with Crippen molar-refractivity contribution in [2.45, 2.75) is 26.7 Å². The Morgan fingerprint density at radius 2 is 2.00 bits per heavy atom. The number of carbonyl (C=O) groups is 1. The van der Waals surface area contributed by atoms with E-state index in [4.69, 9.17) is 0 Å². The maximum atomic E-state index is 11.3. The molecule has 4 heteroatoms. The van der Waals surface area contributed by atoms with Crippen molar-refractivity contribution in [2.75, 3.05) is 45.8 Å². The number of rotatable bonds is 5. The zero-order valence-electron chi connectivity index (χ0n) is 10.7. The first-order chi connectivity index (χ1) is 7.74. The summed E-state index contributed by atoms with van der Waals surface area (Å²) in [6.45, 7) is 11.1. The maximum Gasteiger partial charge on any atom is 0.219 e.